The fourth-order valence-corrected chi connectivity index (χ4v) is 2.00. The zero-order valence-electron chi connectivity index (χ0n) is 12.0. The molecule has 0 atom stereocenters. The summed E-state index contributed by atoms with van der Waals surface area (Å²) in [5.41, 5.74) is 2.80. The Morgan fingerprint density at radius 1 is 1.10 bits per heavy atom. The second kappa shape index (κ2) is 4.97. The number of hydrogen-bond acceptors (Lipinski definition) is 5. The average molecular weight is 282 g/mol. The number of hydrazone groups is 1. The van der Waals surface area contributed by atoms with Crippen LogP contribution in [0.1, 0.15) is 19.4 Å². The molecule has 0 saturated heterocycles. The first kappa shape index (κ1) is 13.2. The molecule has 1 amide bonds. The van der Waals surface area contributed by atoms with E-state index in [2.05, 4.69) is 15.1 Å². The SMILES string of the molecule is COc1ccc(C=C2C(=O)N=C3N=C(C)C(C)=NN23)cc1. The molecule has 6 nitrogen and oxygen atoms in total. The van der Waals surface area contributed by atoms with Crippen molar-refractivity contribution in [3.8, 4) is 5.75 Å². The van der Waals surface area contributed by atoms with Crippen molar-refractivity contribution in [2.75, 3.05) is 7.11 Å². The molecule has 0 fully saturated rings. The number of carbonyl (C=O) groups is 1. The summed E-state index contributed by atoms with van der Waals surface area (Å²) >= 11 is 0. The van der Waals surface area contributed by atoms with E-state index >= 15 is 0 Å². The van der Waals surface area contributed by atoms with E-state index in [1.54, 1.807) is 13.2 Å². The second-order valence-electron chi connectivity index (χ2n) is 4.71. The summed E-state index contributed by atoms with van der Waals surface area (Å²) < 4.78 is 5.11. The minimum absolute atomic E-state index is 0.322. The van der Waals surface area contributed by atoms with Crippen molar-refractivity contribution in [1.82, 2.24) is 5.01 Å². The maximum absolute atomic E-state index is 12.0. The number of nitrogens with zero attached hydrogens (tertiary/aromatic N) is 4. The summed E-state index contributed by atoms with van der Waals surface area (Å²) in [5, 5.41) is 5.84. The number of hydrogen-bond donors (Lipinski definition) is 0. The van der Waals surface area contributed by atoms with Gasteiger partial charge >= 0.3 is 0 Å². The summed E-state index contributed by atoms with van der Waals surface area (Å²) in [6.07, 6.45) is 1.74. The standard InChI is InChI=1S/C15H14N4O2/c1-9-10(2)18-19-13(14(20)17-15(19)16-9)8-11-4-6-12(21-3)7-5-11/h4-8H,1-3H3. The van der Waals surface area contributed by atoms with Gasteiger partial charge in [-0.2, -0.15) is 15.1 Å². The quantitative estimate of drug-likeness (QED) is 0.780. The first-order valence-electron chi connectivity index (χ1n) is 6.48. The molecule has 1 aromatic rings. The Bertz CT molecular complexity index is 727. The highest BCUT2D eigenvalue weighted by molar-refractivity contribution is 6.43. The van der Waals surface area contributed by atoms with Gasteiger partial charge in [0.25, 0.3) is 11.9 Å². The molecule has 2 heterocycles. The third-order valence-electron chi connectivity index (χ3n) is 3.30. The fraction of sp³-hybridized carbons (Fsp3) is 0.200. The predicted molar refractivity (Wildman–Crippen MR) is 81.5 cm³/mol. The molecule has 1 aromatic carbocycles. The Labute approximate surface area is 122 Å². The van der Waals surface area contributed by atoms with Crippen LogP contribution in [-0.2, 0) is 4.79 Å². The number of guanidine groups is 1. The summed E-state index contributed by atoms with van der Waals surface area (Å²) in [7, 11) is 1.61. The molecule has 6 heteroatoms. The van der Waals surface area contributed by atoms with Gasteiger partial charge < -0.3 is 4.74 Å². The van der Waals surface area contributed by atoms with Crippen LogP contribution in [0.5, 0.6) is 5.75 Å². The van der Waals surface area contributed by atoms with Crippen molar-refractivity contribution >= 4 is 29.4 Å². The minimum atomic E-state index is -0.337. The number of amides is 1. The zero-order valence-corrected chi connectivity index (χ0v) is 12.0. The van der Waals surface area contributed by atoms with Gasteiger partial charge in [0.2, 0.25) is 0 Å². The normalized spacial score (nSPS) is 19.2. The minimum Gasteiger partial charge on any atom is -0.497 e. The van der Waals surface area contributed by atoms with E-state index in [0.717, 1.165) is 22.7 Å². The first-order chi connectivity index (χ1) is 10.1. The van der Waals surface area contributed by atoms with Crippen LogP contribution < -0.4 is 4.74 Å². The van der Waals surface area contributed by atoms with E-state index < -0.39 is 0 Å². The number of ether oxygens (including phenoxy) is 1. The van der Waals surface area contributed by atoms with Gasteiger partial charge in [-0.1, -0.05) is 12.1 Å². The monoisotopic (exact) mass is 282 g/mol. The van der Waals surface area contributed by atoms with Crippen LogP contribution >= 0.6 is 0 Å². The number of fused-ring (bicyclic) bond motifs is 1. The van der Waals surface area contributed by atoms with Crippen molar-refractivity contribution in [3.05, 3.63) is 35.5 Å². The van der Waals surface area contributed by atoms with Crippen LogP contribution in [0.25, 0.3) is 6.08 Å². The maximum atomic E-state index is 12.0. The first-order valence-corrected chi connectivity index (χ1v) is 6.48. The number of methoxy groups -OCH3 is 1. The second-order valence-corrected chi connectivity index (χ2v) is 4.71. The molecular weight excluding hydrogens is 268 g/mol. The highest BCUT2D eigenvalue weighted by atomic mass is 16.5. The van der Waals surface area contributed by atoms with Gasteiger partial charge in [-0.3, -0.25) is 4.79 Å². The van der Waals surface area contributed by atoms with Gasteiger partial charge in [-0.05, 0) is 37.6 Å². The van der Waals surface area contributed by atoms with Crippen LogP contribution in [0.4, 0.5) is 0 Å². The summed E-state index contributed by atoms with van der Waals surface area (Å²) in [5.74, 6) is 0.748. The van der Waals surface area contributed by atoms with Crippen LogP contribution in [0, 0.1) is 0 Å². The summed E-state index contributed by atoms with van der Waals surface area (Å²) in [6.45, 7) is 3.69. The predicted octanol–water partition coefficient (Wildman–Crippen LogP) is 2.08. The van der Waals surface area contributed by atoms with E-state index in [4.69, 9.17) is 4.74 Å². The third-order valence-corrected chi connectivity index (χ3v) is 3.30. The lowest BCUT2D eigenvalue weighted by atomic mass is 10.2. The van der Waals surface area contributed by atoms with Gasteiger partial charge in [-0.25, -0.2) is 4.99 Å². The van der Waals surface area contributed by atoms with Crippen LogP contribution in [0.15, 0.2) is 45.0 Å². The Kier molecular flexibility index (Phi) is 3.13. The molecule has 0 unspecified atom stereocenters. The molecular formula is C15H14N4O2. The number of rotatable bonds is 2. The van der Waals surface area contributed by atoms with Gasteiger partial charge in [0.15, 0.2) is 0 Å². The van der Waals surface area contributed by atoms with E-state index in [9.17, 15) is 4.79 Å². The smallest absolute Gasteiger partial charge is 0.299 e. The molecule has 0 aromatic heterocycles. The Balaban J connectivity index is 1.96. The summed E-state index contributed by atoms with van der Waals surface area (Å²) in [4.78, 5) is 20.2. The van der Waals surface area contributed by atoms with Crippen molar-refractivity contribution in [1.29, 1.82) is 0 Å². The molecule has 0 N–H and O–H groups in total. The number of carbonyl (C=O) groups excluding carboxylic acids is 1. The third kappa shape index (κ3) is 2.35. The lowest BCUT2D eigenvalue weighted by Gasteiger charge is -2.18. The Hall–Kier alpha value is -2.76. The van der Waals surface area contributed by atoms with Crippen LogP contribution in [-0.4, -0.2) is 35.4 Å². The number of benzene rings is 1. The van der Waals surface area contributed by atoms with E-state index in [0.29, 0.717) is 11.7 Å². The lowest BCUT2D eigenvalue weighted by molar-refractivity contribution is -0.114. The lowest BCUT2D eigenvalue weighted by Crippen LogP contribution is -2.28. The van der Waals surface area contributed by atoms with Gasteiger partial charge in [0.1, 0.15) is 11.4 Å². The zero-order chi connectivity index (χ0) is 15.0. The van der Waals surface area contributed by atoms with E-state index in [1.165, 1.54) is 5.01 Å². The highest BCUT2D eigenvalue weighted by Gasteiger charge is 2.32. The maximum Gasteiger partial charge on any atom is 0.299 e. The molecule has 3 rings (SSSR count). The topological polar surface area (TPSA) is 66.6 Å². The van der Waals surface area contributed by atoms with E-state index in [-0.39, 0.29) is 5.91 Å². The average Bonchev–Trinajstić information content (AvgIpc) is 2.76. The van der Waals surface area contributed by atoms with Gasteiger partial charge in [-0.15, -0.1) is 0 Å². The van der Waals surface area contributed by atoms with Gasteiger partial charge in [0.05, 0.1) is 18.5 Å². The molecule has 106 valence electrons. The Morgan fingerprint density at radius 2 is 1.81 bits per heavy atom. The van der Waals surface area contributed by atoms with Crippen LogP contribution in [0.2, 0.25) is 0 Å². The van der Waals surface area contributed by atoms with Crippen molar-refractivity contribution < 1.29 is 9.53 Å². The molecule has 2 aliphatic rings. The van der Waals surface area contributed by atoms with Crippen molar-refractivity contribution in [3.63, 3.8) is 0 Å². The summed E-state index contributed by atoms with van der Waals surface area (Å²) in [6, 6.07) is 7.40. The molecule has 0 aliphatic carbocycles. The molecule has 21 heavy (non-hydrogen) atoms. The highest BCUT2D eigenvalue weighted by Crippen LogP contribution is 2.23. The van der Waals surface area contributed by atoms with E-state index in [1.807, 2.05) is 38.1 Å². The van der Waals surface area contributed by atoms with Crippen molar-refractivity contribution in [2.24, 2.45) is 15.1 Å². The molecule has 2 aliphatic heterocycles. The molecule has 0 spiro atoms. The number of aliphatic imine (C=N–C) groups is 2. The fourth-order valence-electron chi connectivity index (χ4n) is 2.00. The van der Waals surface area contributed by atoms with Crippen molar-refractivity contribution in [2.45, 2.75) is 13.8 Å². The Morgan fingerprint density at radius 3 is 2.48 bits per heavy atom. The largest absolute Gasteiger partial charge is 0.497 e. The molecule has 0 radical (unpaired) electrons. The van der Waals surface area contributed by atoms with Crippen LogP contribution in [0.3, 0.4) is 0 Å². The molecule has 0 bridgehead atoms. The molecule has 0 saturated carbocycles. The van der Waals surface area contributed by atoms with Gasteiger partial charge in [0, 0.05) is 0 Å².